The van der Waals surface area contributed by atoms with Crippen molar-refractivity contribution in [1.82, 2.24) is 0 Å². The lowest BCUT2D eigenvalue weighted by Gasteiger charge is -2.25. The largest absolute Gasteiger partial charge is 0.318 e. The Morgan fingerprint density at radius 1 is 0.963 bits per heavy atom. The molecule has 0 spiro atoms. The molecule has 0 aliphatic carbocycles. The number of carbonyl (C=O) groups excluding carboxylic acids is 3. The van der Waals surface area contributed by atoms with Crippen LogP contribution in [0.2, 0.25) is 5.02 Å². The fourth-order valence-electron chi connectivity index (χ4n) is 3.48. The Kier molecular flexibility index (Phi) is 4.31. The summed E-state index contributed by atoms with van der Waals surface area (Å²) in [6.07, 6.45) is 1.77. The summed E-state index contributed by atoms with van der Waals surface area (Å²) in [5.41, 5.74) is 3.65. The maximum absolute atomic E-state index is 13.2. The summed E-state index contributed by atoms with van der Waals surface area (Å²) in [5.74, 6) is -2.22. The van der Waals surface area contributed by atoms with Crippen molar-refractivity contribution in [1.29, 1.82) is 0 Å². The molecule has 2 aromatic carbocycles. The van der Waals surface area contributed by atoms with E-state index in [1.54, 1.807) is 17.0 Å². The van der Waals surface area contributed by atoms with Crippen LogP contribution in [0.1, 0.15) is 17.5 Å². The molecule has 2 aliphatic heterocycles. The van der Waals surface area contributed by atoms with Gasteiger partial charge in [-0.15, -0.1) is 0 Å². The van der Waals surface area contributed by atoms with Crippen molar-refractivity contribution in [2.45, 2.75) is 19.3 Å². The fraction of sp³-hybridized carbons (Fsp3) is 0.211. The molecule has 0 radical (unpaired) electrons. The monoisotopic (exact) mass is 387 g/mol. The van der Waals surface area contributed by atoms with E-state index in [2.05, 4.69) is 10.6 Å². The Morgan fingerprint density at radius 2 is 1.63 bits per heavy atom. The van der Waals surface area contributed by atoms with Crippen LogP contribution in [0.15, 0.2) is 30.3 Å². The fourth-order valence-corrected chi connectivity index (χ4v) is 3.66. The minimum Gasteiger partial charge on any atom is -0.318 e. The van der Waals surface area contributed by atoms with Gasteiger partial charge >= 0.3 is 11.8 Å². The molecular formula is C19H15ClFN3O3. The summed E-state index contributed by atoms with van der Waals surface area (Å²) in [7, 11) is 0. The quantitative estimate of drug-likeness (QED) is 0.778. The molecule has 0 fully saturated rings. The number of nitrogens with zero attached hydrogens (tertiary/aromatic N) is 1. The third-order valence-corrected chi connectivity index (χ3v) is 4.98. The predicted octanol–water partition coefficient (Wildman–Crippen LogP) is 2.89. The summed E-state index contributed by atoms with van der Waals surface area (Å²) >= 11 is 5.67. The normalized spacial score (nSPS) is 14.7. The maximum Gasteiger partial charge on any atom is 0.314 e. The number of benzene rings is 2. The average molecular weight is 388 g/mol. The molecule has 4 rings (SSSR count). The van der Waals surface area contributed by atoms with E-state index >= 15 is 0 Å². The zero-order valence-corrected chi connectivity index (χ0v) is 14.9. The molecule has 2 aromatic rings. The lowest BCUT2D eigenvalue weighted by atomic mass is 9.98. The summed E-state index contributed by atoms with van der Waals surface area (Å²) < 4.78 is 13.2. The van der Waals surface area contributed by atoms with Gasteiger partial charge in [-0.1, -0.05) is 11.6 Å². The molecule has 0 atom stereocenters. The summed E-state index contributed by atoms with van der Waals surface area (Å²) in [6, 6.07) is 7.24. The number of amides is 3. The second-order valence-corrected chi connectivity index (χ2v) is 6.88. The lowest BCUT2D eigenvalue weighted by molar-refractivity contribution is -0.132. The molecular weight excluding hydrogens is 373 g/mol. The number of hydrogen-bond donors (Lipinski definition) is 2. The Bertz CT molecular complexity index is 992. The van der Waals surface area contributed by atoms with E-state index < -0.39 is 17.6 Å². The molecule has 0 aromatic heterocycles. The van der Waals surface area contributed by atoms with Crippen LogP contribution in [0.25, 0.3) is 0 Å². The van der Waals surface area contributed by atoms with E-state index in [1.165, 1.54) is 12.1 Å². The molecule has 0 unspecified atom stereocenters. The van der Waals surface area contributed by atoms with Crippen LogP contribution in [-0.4, -0.2) is 24.3 Å². The van der Waals surface area contributed by atoms with E-state index in [9.17, 15) is 18.8 Å². The smallest absolute Gasteiger partial charge is 0.314 e. The maximum atomic E-state index is 13.2. The van der Waals surface area contributed by atoms with Crippen LogP contribution in [0.5, 0.6) is 0 Å². The molecule has 2 N–H and O–H groups in total. The van der Waals surface area contributed by atoms with Gasteiger partial charge in [-0.2, -0.15) is 0 Å². The van der Waals surface area contributed by atoms with Crippen LogP contribution in [-0.2, 0) is 27.2 Å². The second-order valence-electron chi connectivity index (χ2n) is 6.48. The highest BCUT2D eigenvalue weighted by Crippen LogP contribution is 2.38. The molecule has 0 bridgehead atoms. The van der Waals surface area contributed by atoms with Crippen molar-refractivity contribution in [2.24, 2.45) is 0 Å². The van der Waals surface area contributed by atoms with E-state index in [0.717, 1.165) is 29.3 Å². The first-order valence-electron chi connectivity index (χ1n) is 8.46. The Morgan fingerprint density at radius 3 is 2.33 bits per heavy atom. The summed E-state index contributed by atoms with van der Waals surface area (Å²) in [4.78, 5) is 38.0. The van der Waals surface area contributed by atoms with E-state index in [1.807, 2.05) is 0 Å². The van der Waals surface area contributed by atoms with Crippen molar-refractivity contribution in [3.63, 3.8) is 0 Å². The highest BCUT2D eigenvalue weighted by Gasteiger charge is 2.31. The Labute approximate surface area is 159 Å². The Hall–Kier alpha value is -2.93. The predicted molar refractivity (Wildman–Crippen MR) is 99.5 cm³/mol. The number of anilines is 3. The van der Waals surface area contributed by atoms with Gasteiger partial charge in [0.15, 0.2) is 0 Å². The highest BCUT2D eigenvalue weighted by atomic mass is 35.5. The molecule has 138 valence electrons. The number of aryl methyl sites for hydroxylation is 1. The molecule has 27 heavy (non-hydrogen) atoms. The summed E-state index contributed by atoms with van der Waals surface area (Å²) in [5, 5.41) is 4.81. The first kappa shape index (κ1) is 17.5. The molecule has 3 amide bonds. The molecule has 8 heteroatoms. The third kappa shape index (κ3) is 3.26. The van der Waals surface area contributed by atoms with Gasteiger partial charge in [-0.3, -0.25) is 14.4 Å². The van der Waals surface area contributed by atoms with Gasteiger partial charge in [0, 0.05) is 24.3 Å². The van der Waals surface area contributed by atoms with Crippen LogP contribution in [0, 0.1) is 5.82 Å². The number of nitrogens with one attached hydrogen (secondary N) is 2. The van der Waals surface area contributed by atoms with Gasteiger partial charge in [-0.05, 0) is 54.3 Å². The van der Waals surface area contributed by atoms with Crippen molar-refractivity contribution >= 4 is 46.4 Å². The van der Waals surface area contributed by atoms with Gasteiger partial charge in [0.05, 0.1) is 10.7 Å². The van der Waals surface area contributed by atoms with E-state index in [0.29, 0.717) is 25.1 Å². The standard InChI is InChI=1S/C19H15ClFN3O3/c20-14-9-12(2-3-15(14)21)22-18(26)19(27)23-13-7-10-1-4-16(25)24-6-5-11(8-13)17(10)24/h2-3,7-9H,1,4-6H2,(H,22,26)(H,23,27). The van der Waals surface area contributed by atoms with E-state index in [-0.39, 0.29) is 16.6 Å². The molecule has 2 aliphatic rings. The van der Waals surface area contributed by atoms with Gasteiger partial charge < -0.3 is 15.5 Å². The highest BCUT2D eigenvalue weighted by molar-refractivity contribution is 6.43. The number of hydrogen-bond acceptors (Lipinski definition) is 3. The van der Waals surface area contributed by atoms with Crippen molar-refractivity contribution in [2.75, 3.05) is 22.1 Å². The van der Waals surface area contributed by atoms with Crippen LogP contribution < -0.4 is 15.5 Å². The molecule has 0 saturated heterocycles. The molecule has 6 nitrogen and oxygen atoms in total. The first-order valence-corrected chi connectivity index (χ1v) is 8.84. The van der Waals surface area contributed by atoms with Gasteiger partial charge in [0.1, 0.15) is 5.82 Å². The number of halogens is 2. The minimum absolute atomic E-state index is 0.121. The second kappa shape index (κ2) is 6.66. The topological polar surface area (TPSA) is 78.5 Å². The SMILES string of the molecule is O=C(Nc1ccc(F)c(Cl)c1)C(=O)Nc1cc2c3c(c1)CCN3C(=O)CC2. The summed E-state index contributed by atoms with van der Waals surface area (Å²) in [6.45, 7) is 0.643. The van der Waals surface area contributed by atoms with Crippen molar-refractivity contribution in [3.8, 4) is 0 Å². The van der Waals surface area contributed by atoms with Gasteiger partial charge in [-0.25, -0.2) is 4.39 Å². The Balaban J connectivity index is 1.49. The van der Waals surface area contributed by atoms with Gasteiger partial charge in [0.25, 0.3) is 0 Å². The first-order chi connectivity index (χ1) is 12.9. The minimum atomic E-state index is -0.886. The van der Waals surface area contributed by atoms with Crippen molar-refractivity contribution in [3.05, 3.63) is 52.3 Å². The van der Waals surface area contributed by atoms with Crippen LogP contribution >= 0.6 is 11.6 Å². The van der Waals surface area contributed by atoms with Crippen LogP contribution in [0.3, 0.4) is 0 Å². The molecule has 2 heterocycles. The third-order valence-electron chi connectivity index (χ3n) is 4.69. The number of rotatable bonds is 2. The average Bonchev–Trinajstić information content (AvgIpc) is 3.06. The zero-order chi connectivity index (χ0) is 19.1. The van der Waals surface area contributed by atoms with E-state index in [4.69, 9.17) is 11.6 Å². The molecule has 0 saturated carbocycles. The van der Waals surface area contributed by atoms with Gasteiger partial charge in [0.2, 0.25) is 5.91 Å². The lowest BCUT2D eigenvalue weighted by Crippen LogP contribution is -2.33. The number of carbonyl (C=O) groups is 3. The van der Waals surface area contributed by atoms with Crippen LogP contribution in [0.4, 0.5) is 21.5 Å². The zero-order valence-electron chi connectivity index (χ0n) is 14.1. The van der Waals surface area contributed by atoms with Crippen molar-refractivity contribution < 1.29 is 18.8 Å².